The molecule has 2 nitrogen and oxygen atoms in total. The summed E-state index contributed by atoms with van der Waals surface area (Å²) in [4.78, 5) is 4.62. The zero-order valence-electron chi connectivity index (χ0n) is 15.6. The highest BCUT2D eigenvalue weighted by molar-refractivity contribution is 6.29. The molecule has 0 aliphatic heterocycles. The molecule has 0 aliphatic carbocycles. The molecule has 4 aromatic carbocycles. The summed E-state index contributed by atoms with van der Waals surface area (Å²) in [6.07, 6.45) is 1.87. The first-order chi connectivity index (χ1) is 14.4. The lowest BCUT2D eigenvalue weighted by molar-refractivity contribution is 1.33. The van der Waals surface area contributed by atoms with E-state index in [1.165, 1.54) is 48.9 Å². The van der Waals surface area contributed by atoms with Gasteiger partial charge in [-0.1, -0.05) is 54.6 Å². The summed E-state index contributed by atoms with van der Waals surface area (Å²) in [5.41, 5.74) is 6.00. The van der Waals surface area contributed by atoms with Crippen molar-refractivity contribution < 1.29 is 0 Å². The number of nitrogens with zero attached hydrogens (tertiary/aromatic N) is 2. The van der Waals surface area contributed by atoms with E-state index in [4.69, 9.17) is 0 Å². The molecular weight excluding hydrogens is 352 g/mol. The average Bonchev–Trinajstić information content (AvgIpc) is 3.31. The second-order valence-corrected chi connectivity index (χ2v) is 7.67. The van der Waals surface area contributed by atoms with Gasteiger partial charge in [-0.2, -0.15) is 0 Å². The van der Waals surface area contributed by atoms with Crippen molar-refractivity contribution in [2.24, 2.45) is 0 Å². The highest BCUT2D eigenvalue weighted by atomic mass is 14.9. The minimum absolute atomic E-state index is 1.01. The molecule has 7 rings (SSSR count). The molecule has 0 aliphatic rings. The summed E-state index contributed by atoms with van der Waals surface area (Å²) >= 11 is 0. The molecule has 0 radical (unpaired) electrons. The van der Waals surface area contributed by atoms with E-state index < -0.39 is 0 Å². The third-order valence-corrected chi connectivity index (χ3v) is 6.15. The molecule has 0 fully saturated rings. The number of pyridine rings is 1. The number of rotatable bonds is 1. The van der Waals surface area contributed by atoms with Crippen LogP contribution >= 0.6 is 0 Å². The van der Waals surface area contributed by atoms with Gasteiger partial charge in [0.1, 0.15) is 0 Å². The average molecular weight is 368 g/mol. The number of hydrogen-bond donors (Lipinski definition) is 0. The maximum absolute atomic E-state index is 4.62. The second kappa shape index (κ2) is 5.33. The number of aromatic nitrogens is 2. The van der Waals surface area contributed by atoms with Crippen LogP contribution in [0.25, 0.3) is 60.1 Å². The van der Waals surface area contributed by atoms with Crippen molar-refractivity contribution in [2.75, 3.05) is 0 Å². The summed E-state index contributed by atoms with van der Waals surface area (Å²) in [6, 6.07) is 32.6. The Bertz CT molecular complexity index is 1690. The smallest absolute Gasteiger partial charge is 0.0702 e. The maximum atomic E-state index is 4.62. The minimum Gasteiger partial charge on any atom is -0.308 e. The SMILES string of the molecule is c1ccc(-c2cc3c4ccccc4n4c5ccc6ccccc6c5c(c2)c34)nc1. The quantitative estimate of drug-likeness (QED) is 0.303. The van der Waals surface area contributed by atoms with Crippen LogP contribution < -0.4 is 0 Å². The molecule has 3 aromatic heterocycles. The van der Waals surface area contributed by atoms with Crippen molar-refractivity contribution in [1.82, 2.24) is 9.38 Å². The van der Waals surface area contributed by atoms with Gasteiger partial charge in [0, 0.05) is 33.3 Å². The van der Waals surface area contributed by atoms with Gasteiger partial charge in [-0.25, -0.2) is 0 Å². The van der Waals surface area contributed by atoms with E-state index in [9.17, 15) is 0 Å². The van der Waals surface area contributed by atoms with Gasteiger partial charge in [-0.05, 0) is 47.2 Å². The Labute approximate surface area is 167 Å². The molecule has 0 saturated heterocycles. The predicted octanol–water partition coefficient (Wildman–Crippen LogP) is 7.05. The van der Waals surface area contributed by atoms with Gasteiger partial charge in [-0.3, -0.25) is 4.98 Å². The number of fused-ring (bicyclic) bond motifs is 8. The van der Waals surface area contributed by atoms with Gasteiger partial charge in [0.25, 0.3) is 0 Å². The van der Waals surface area contributed by atoms with Gasteiger partial charge in [-0.15, -0.1) is 0 Å². The van der Waals surface area contributed by atoms with Crippen LogP contribution in [0, 0.1) is 0 Å². The minimum atomic E-state index is 1.01. The number of hydrogen-bond acceptors (Lipinski definition) is 1. The molecule has 0 amide bonds. The lowest BCUT2D eigenvalue weighted by Crippen LogP contribution is -1.82. The van der Waals surface area contributed by atoms with Crippen molar-refractivity contribution in [3.8, 4) is 11.3 Å². The van der Waals surface area contributed by atoms with E-state index in [0.29, 0.717) is 0 Å². The Hall–Kier alpha value is -3.91. The van der Waals surface area contributed by atoms with Crippen molar-refractivity contribution in [3.05, 3.63) is 97.2 Å². The first-order valence-electron chi connectivity index (χ1n) is 9.91. The molecule has 0 bridgehead atoms. The van der Waals surface area contributed by atoms with Crippen molar-refractivity contribution in [3.63, 3.8) is 0 Å². The lowest BCUT2D eigenvalue weighted by Gasteiger charge is -2.05. The van der Waals surface area contributed by atoms with E-state index in [1.54, 1.807) is 0 Å². The second-order valence-electron chi connectivity index (χ2n) is 7.67. The van der Waals surface area contributed by atoms with E-state index in [0.717, 1.165) is 11.3 Å². The molecule has 134 valence electrons. The summed E-state index contributed by atoms with van der Waals surface area (Å²) < 4.78 is 2.43. The summed E-state index contributed by atoms with van der Waals surface area (Å²) in [5.74, 6) is 0. The van der Waals surface area contributed by atoms with Crippen LogP contribution in [0.3, 0.4) is 0 Å². The molecule has 7 aromatic rings. The van der Waals surface area contributed by atoms with Crippen LogP contribution in [0.5, 0.6) is 0 Å². The molecule has 0 unspecified atom stereocenters. The normalized spacial score (nSPS) is 12.1. The summed E-state index contributed by atoms with van der Waals surface area (Å²) in [5, 5.41) is 7.78. The topological polar surface area (TPSA) is 17.3 Å². The molecule has 0 spiro atoms. The van der Waals surface area contributed by atoms with Crippen LogP contribution in [0.2, 0.25) is 0 Å². The summed E-state index contributed by atoms with van der Waals surface area (Å²) in [6.45, 7) is 0. The van der Waals surface area contributed by atoms with Crippen LogP contribution in [-0.4, -0.2) is 9.38 Å². The van der Waals surface area contributed by atoms with Crippen LogP contribution in [0.4, 0.5) is 0 Å². The Morgan fingerprint density at radius 1 is 0.586 bits per heavy atom. The Morgan fingerprint density at radius 2 is 1.38 bits per heavy atom. The monoisotopic (exact) mass is 368 g/mol. The van der Waals surface area contributed by atoms with E-state index in [2.05, 4.69) is 94.3 Å². The summed E-state index contributed by atoms with van der Waals surface area (Å²) in [7, 11) is 0. The highest BCUT2D eigenvalue weighted by Gasteiger charge is 2.19. The van der Waals surface area contributed by atoms with Gasteiger partial charge >= 0.3 is 0 Å². The van der Waals surface area contributed by atoms with Gasteiger partial charge < -0.3 is 4.40 Å². The van der Waals surface area contributed by atoms with Crippen molar-refractivity contribution >= 4 is 48.9 Å². The molecule has 2 heteroatoms. The van der Waals surface area contributed by atoms with Crippen LogP contribution in [0.15, 0.2) is 97.2 Å². The predicted molar refractivity (Wildman–Crippen MR) is 122 cm³/mol. The third kappa shape index (κ3) is 1.88. The fourth-order valence-corrected chi connectivity index (χ4v) is 4.95. The zero-order valence-corrected chi connectivity index (χ0v) is 15.6. The van der Waals surface area contributed by atoms with Crippen molar-refractivity contribution in [2.45, 2.75) is 0 Å². The first-order valence-corrected chi connectivity index (χ1v) is 9.91. The number of benzene rings is 4. The Kier molecular flexibility index (Phi) is 2.77. The molecule has 0 saturated carbocycles. The highest BCUT2D eigenvalue weighted by Crippen LogP contribution is 2.43. The fraction of sp³-hybridized carbons (Fsp3) is 0. The Morgan fingerprint density at radius 3 is 2.28 bits per heavy atom. The Balaban J connectivity index is 1.81. The molecule has 3 heterocycles. The third-order valence-electron chi connectivity index (χ3n) is 6.15. The van der Waals surface area contributed by atoms with E-state index in [1.807, 2.05) is 12.3 Å². The first kappa shape index (κ1) is 15.1. The largest absolute Gasteiger partial charge is 0.308 e. The van der Waals surface area contributed by atoms with E-state index in [-0.39, 0.29) is 0 Å². The lowest BCUT2D eigenvalue weighted by atomic mass is 9.99. The molecule has 29 heavy (non-hydrogen) atoms. The van der Waals surface area contributed by atoms with E-state index >= 15 is 0 Å². The van der Waals surface area contributed by atoms with Crippen LogP contribution in [-0.2, 0) is 0 Å². The zero-order chi connectivity index (χ0) is 18.9. The van der Waals surface area contributed by atoms with Crippen molar-refractivity contribution in [1.29, 1.82) is 0 Å². The maximum Gasteiger partial charge on any atom is 0.0702 e. The fourth-order valence-electron chi connectivity index (χ4n) is 4.95. The van der Waals surface area contributed by atoms with Gasteiger partial charge in [0.05, 0.1) is 22.2 Å². The molecule has 0 atom stereocenters. The van der Waals surface area contributed by atoms with Gasteiger partial charge in [0.2, 0.25) is 0 Å². The standard InChI is InChI=1S/C27H16N2/c1-2-8-19-17(7-1)12-13-25-26(19)22-16-18(23-10-5-6-14-28-23)15-21-20-9-3-4-11-24(20)29(25)27(21)22/h1-16H. The van der Waals surface area contributed by atoms with Crippen LogP contribution in [0.1, 0.15) is 0 Å². The molecular formula is C27H16N2. The van der Waals surface area contributed by atoms with Gasteiger partial charge in [0.15, 0.2) is 0 Å². The number of para-hydroxylation sites is 1. The molecule has 0 N–H and O–H groups in total.